The van der Waals surface area contributed by atoms with Gasteiger partial charge in [0.25, 0.3) is 0 Å². The van der Waals surface area contributed by atoms with Crippen molar-refractivity contribution in [3.8, 4) is 6.07 Å². The second-order valence-corrected chi connectivity index (χ2v) is 6.73. The SMILES string of the molecule is N#CCC(=O)N1CCC=C(c2cc(NC(=O)C3CC3)nc3[nH]ccc23)C1. The Morgan fingerprint density at radius 3 is 3.04 bits per heavy atom. The lowest BCUT2D eigenvalue weighted by Gasteiger charge is -2.27. The third-order valence-corrected chi connectivity index (χ3v) is 4.81. The van der Waals surface area contributed by atoms with Crippen molar-refractivity contribution in [3.05, 3.63) is 30.0 Å². The molecule has 0 atom stereocenters. The van der Waals surface area contributed by atoms with Crippen molar-refractivity contribution in [1.29, 1.82) is 5.26 Å². The predicted molar refractivity (Wildman–Crippen MR) is 96.9 cm³/mol. The van der Waals surface area contributed by atoms with Crippen LogP contribution in [0.5, 0.6) is 0 Å². The van der Waals surface area contributed by atoms with Crippen LogP contribution in [-0.2, 0) is 9.59 Å². The molecule has 132 valence electrons. The fourth-order valence-corrected chi connectivity index (χ4v) is 3.27. The van der Waals surface area contributed by atoms with Gasteiger partial charge in [0.2, 0.25) is 11.8 Å². The number of nitriles is 1. The Labute approximate surface area is 150 Å². The van der Waals surface area contributed by atoms with Crippen molar-refractivity contribution in [2.45, 2.75) is 25.7 Å². The quantitative estimate of drug-likeness (QED) is 0.885. The van der Waals surface area contributed by atoms with E-state index in [4.69, 9.17) is 5.26 Å². The van der Waals surface area contributed by atoms with Gasteiger partial charge in [-0.25, -0.2) is 4.98 Å². The number of hydrogen-bond acceptors (Lipinski definition) is 4. The standard InChI is InChI=1S/C19H19N5O2/c20-7-5-17(25)24-9-1-2-13(11-24)15-10-16(23-19(26)12-3-4-12)22-18-14(15)6-8-21-18/h2,6,8,10,12H,1,3-5,9,11H2,(H2,21,22,23,26). The molecule has 2 aromatic rings. The summed E-state index contributed by atoms with van der Waals surface area (Å²) in [5.41, 5.74) is 2.67. The third kappa shape index (κ3) is 3.18. The molecule has 3 heterocycles. The first-order valence-electron chi connectivity index (χ1n) is 8.79. The second-order valence-electron chi connectivity index (χ2n) is 6.73. The number of hydrogen-bond donors (Lipinski definition) is 2. The summed E-state index contributed by atoms with van der Waals surface area (Å²) in [6.45, 7) is 1.08. The third-order valence-electron chi connectivity index (χ3n) is 4.81. The summed E-state index contributed by atoms with van der Waals surface area (Å²) in [4.78, 5) is 33.5. The average molecular weight is 349 g/mol. The van der Waals surface area contributed by atoms with Gasteiger partial charge in [-0.1, -0.05) is 6.08 Å². The Balaban J connectivity index is 1.65. The van der Waals surface area contributed by atoms with Crippen LogP contribution in [0.25, 0.3) is 16.6 Å². The van der Waals surface area contributed by atoms with E-state index in [0.717, 1.165) is 35.8 Å². The van der Waals surface area contributed by atoms with Gasteiger partial charge in [0.15, 0.2) is 0 Å². The van der Waals surface area contributed by atoms with Crippen molar-refractivity contribution < 1.29 is 9.59 Å². The summed E-state index contributed by atoms with van der Waals surface area (Å²) in [7, 11) is 0. The minimum atomic E-state index is -0.153. The molecule has 26 heavy (non-hydrogen) atoms. The Kier molecular flexibility index (Phi) is 4.17. The number of anilines is 1. The zero-order valence-corrected chi connectivity index (χ0v) is 14.3. The van der Waals surface area contributed by atoms with E-state index in [0.29, 0.717) is 24.6 Å². The van der Waals surface area contributed by atoms with E-state index < -0.39 is 0 Å². The molecular weight excluding hydrogens is 330 g/mol. The van der Waals surface area contributed by atoms with Crippen molar-refractivity contribution in [2.24, 2.45) is 5.92 Å². The van der Waals surface area contributed by atoms with Crippen LogP contribution in [0.3, 0.4) is 0 Å². The van der Waals surface area contributed by atoms with E-state index in [1.807, 2.05) is 24.4 Å². The molecule has 0 bridgehead atoms. The highest BCUT2D eigenvalue weighted by molar-refractivity contribution is 5.97. The molecule has 1 aliphatic carbocycles. The molecule has 2 aliphatic rings. The van der Waals surface area contributed by atoms with Crippen LogP contribution in [0.4, 0.5) is 5.82 Å². The fraction of sp³-hybridized carbons (Fsp3) is 0.368. The van der Waals surface area contributed by atoms with E-state index >= 15 is 0 Å². The van der Waals surface area contributed by atoms with E-state index in [-0.39, 0.29) is 24.2 Å². The Hall–Kier alpha value is -3.14. The molecule has 0 saturated heterocycles. The second kappa shape index (κ2) is 6.64. The van der Waals surface area contributed by atoms with Crippen LogP contribution in [0.2, 0.25) is 0 Å². The summed E-state index contributed by atoms with van der Waals surface area (Å²) in [6.07, 6.45) is 6.44. The number of fused-ring (bicyclic) bond motifs is 1. The smallest absolute Gasteiger partial charge is 0.237 e. The summed E-state index contributed by atoms with van der Waals surface area (Å²) < 4.78 is 0. The molecule has 0 aromatic carbocycles. The molecule has 7 heteroatoms. The lowest BCUT2D eigenvalue weighted by atomic mass is 9.99. The molecule has 2 aromatic heterocycles. The molecule has 7 nitrogen and oxygen atoms in total. The van der Waals surface area contributed by atoms with E-state index in [9.17, 15) is 9.59 Å². The maximum absolute atomic E-state index is 12.1. The Bertz CT molecular complexity index is 948. The Morgan fingerprint density at radius 1 is 1.42 bits per heavy atom. The molecule has 0 spiro atoms. The summed E-state index contributed by atoms with van der Waals surface area (Å²) >= 11 is 0. The topological polar surface area (TPSA) is 102 Å². The number of carbonyl (C=O) groups is 2. The molecule has 0 radical (unpaired) electrons. The maximum atomic E-state index is 12.1. The molecular formula is C19H19N5O2. The van der Waals surface area contributed by atoms with Gasteiger partial charge in [-0.05, 0) is 42.5 Å². The number of aromatic amines is 1. The van der Waals surface area contributed by atoms with Crippen molar-refractivity contribution in [1.82, 2.24) is 14.9 Å². The number of pyridine rings is 1. The van der Waals surface area contributed by atoms with Crippen molar-refractivity contribution >= 4 is 34.2 Å². The number of rotatable bonds is 4. The average Bonchev–Trinajstić information content (AvgIpc) is 3.40. The first kappa shape index (κ1) is 16.3. The summed E-state index contributed by atoms with van der Waals surface area (Å²) in [5, 5.41) is 12.6. The molecule has 2 amide bonds. The van der Waals surface area contributed by atoms with Gasteiger partial charge in [0.1, 0.15) is 17.9 Å². The molecule has 1 fully saturated rings. The predicted octanol–water partition coefficient (Wildman–Crippen LogP) is 2.44. The first-order valence-corrected chi connectivity index (χ1v) is 8.79. The van der Waals surface area contributed by atoms with Crippen LogP contribution in [0, 0.1) is 17.2 Å². The molecule has 4 rings (SSSR count). The highest BCUT2D eigenvalue weighted by atomic mass is 16.2. The lowest BCUT2D eigenvalue weighted by Crippen LogP contribution is -2.35. The fourth-order valence-electron chi connectivity index (χ4n) is 3.27. The Morgan fingerprint density at radius 2 is 2.27 bits per heavy atom. The van der Waals surface area contributed by atoms with Gasteiger partial charge in [-0.15, -0.1) is 0 Å². The van der Waals surface area contributed by atoms with Gasteiger partial charge < -0.3 is 15.2 Å². The van der Waals surface area contributed by atoms with Crippen LogP contribution in [0.1, 0.15) is 31.2 Å². The van der Waals surface area contributed by atoms with Gasteiger partial charge in [0, 0.05) is 30.6 Å². The molecule has 2 N–H and O–H groups in total. The molecule has 0 unspecified atom stereocenters. The van der Waals surface area contributed by atoms with Crippen LogP contribution in [-0.4, -0.2) is 39.8 Å². The lowest BCUT2D eigenvalue weighted by molar-refractivity contribution is -0.129. The highest BCUT2D eigenvalue weighted by Crippen LogP contribution is 2.32. The highest BCUT2D eigenvalue weighted by Gasteiger charge is 2.30. The molecule has 1 saturated carbocycles. The number of carbonyl (C=O) groups excluding carboxylic acids is 2. The number of amides is 2. The van der Waals surface area contributed by atoms with E-state index in [2.05, 4.69) is 21.4 Å². The summed E-state index contributed by atoms with van der Waals surface area (Å²) in [5.74, 6) is 0.485. The van der Waals surface area contributed by atoms with Gasteiger partial charge in [0.05, 0.1) is 6.07 Å². The number of aromatic nitrogens is 2. The van der Waals surface area contributed by atoms with Crippen LogP contribution < -0.4 is 5.32 Å². The minimum absolute atomic E-state index is 0.0119. The van der Waals surface area contributed by atoms with Gasteiger partial charge >= 0.3 is 0 Å². The van der Waals surface area contributed by atoms with Crippen molar-refractivity contribution in [2.75, 3.05) is 18.4 Å². The van der Waals surface area contributed by atoms with Gasteiger partial charge in [-0.2, -0.15) is 5.26 Å². The largest absolute Gasteiger partial charge is 0.346 e. The first-order chi connectivity index (χ1) is 12.7. The monoisotopic (exact) mass is 349 g/mol. The van der Waals surface area contributed by atoms with Gasteiger partial charge in [-0.3, -0.25) is 9.59 Å². The number of nitrogens with zero attached hydrogens (tertiary/aromatic N) is 3. The molecule has 1 aliphatic heterocycles. The summed E-state index contributed by atoms with van der Waals surface area (Å²) in [6, 6.07) is 5.74. The normalized spacial score (nSPS) is 16.9. The van der Waals surface area contributed by atoms with E-state index in [1.165, 1.54) is 0 Å². The zero-order valence-electron chi connectivity index (χ0n) is 14.3. The zero-order chi connectivity index (χ0) is 18.1. The van der Waals surface area contributed by atoms with Crippen LogP contribution >= 0.6 is 0 Å². The number of nitrogens with one attached hydrogen (secondary N) is 2. The number of H-pyrrole nitrogens is 1. The van der Waals surface area contributed by atoms with Crippen molar-refractivity contribution in [3.63, 3.8) is 0 Å². The maximum Gasteiger partial charge on any atom is 0.237 e. The minimum Gasteiger partial charge on any atom is -0.346 e. The van der Waals surface area contributed by atoms with E-state index in [1.54, 1.807) is 4.90 Å². The van der Waals surface area contributed by atoms with Crippen LogP contribution in [0.15, 0.2) is 24.4 Å².